The van der Waals surface area contributed by atoms with Crippen LogP contribution in [0.4, 0.5) is 0 Å². The molecule has 0 radical (unpaired) electrons. The molecule has 1 atom stereocenters. The van der Waals surface area contributed by atoms with Crippen LogP contribution in [0.15, 0.2) is 0 Å². The Hall–Kier alpha value is -0.0500. The van der Waals surface area contributed by atoms with Crippen molar-refractivity contribution in [1.82, 2.24) is 0 Å². The predicted octanol–water partition coefficient (Wildman–Crippen LogP) is 2.11. The second kappa shape index (κ2) is 3.13. The highest BCUT2D eigenvalue weighted by atomic mass is 79.9. The van der Waals surface area contributed by atoms with Gasteiger partial charge >= 0.3 is 5.97 Å². The average Bonchev–Trinajstić information content (AvgIpc) is 2.67. The molecule has 0 aromatic rings. The summed E-state index contributed by atoms with van der Waals surface area (Å²) in [6.45, 7) is 2.06. The van der Waals surface area contributed by atoms with Crippen LogP contribution < -0.4 is 0 Å². The molecule has 1 unspecified atom stereocenters. The Kier molecular flexibility index (Phi) is 2.58. The molecule has 0 bridgehead atoms. The number of hydrogen-bond donors (Lipinski definition) is 0. The lowest BCUT2D eigenvalue weighted by Crippen LogP contribution is -2.20. The Morgan fingerprint density at radius 2 is 2.27 bits per heavy atom. The highest BCUT2D eigenvalue weighted by molar-refractivity contribution is 9.09. The molecular weight excluding hydrogens is 208 g/mol. The van der Waals surface area contributed by atoms with Gasteiger partial charge in [-0.1, -0.05) is 22.9 Å². The van der Waals surface area contributed by atoms with Crippen molar-refractivity contribution >= 4 is 21.9 Å². The standard InChI is InChI=1S/C8H13BrO2/c1-6(9)5-8(3-4-8)7(10)11-2/h6H,3-5H2,1-2H3. The second-order valence-corrected chi connectivity index (χ2v) is 4.82. The minimum Gasteiger partial charge on any atom is -0.469 e. The molecule has 1 aliphatic carbocycles. The molecule has 64 valence electrons. The molecule has 1 aliphatic rings. The monoisotopic (exact) mass is 220 g/mol. The van der Waals surface area contributed by atoms with Crippen LogP contribution in [0.2, 0.25) is 0 Å². The van der Waals surface area contributed by atoms with Gasteiger partial charge in [0.15, 0.2) is 0 Å². The number of alkyl halides is 1. The summed E-state index contributed by atoms with van der Waals surface area (Å²) in [7, 11) is 1.46. The molecule has 1 rings (SSSR count). The zero-order valence-electron chi connectivity index (χ0n) is 6.89. The van der Waals surface area contributed by atoms with E-state index in [-0.39, 0.29) is 11.4 Å². The molecule has 0 heterocycles. The van der Waals surface area contributed by atoms with E-state index >= 15 is 0 Å². The number of rotatable bonds is 3. The molecule has 0 aromatic carbocycles. The minimum absolute atomic E-state index is 0.0381. The van der Waals surface area contributed by atoms with Gasteiger partial charge in [-0.3, -0.25) is 4.79 Å². The van der Waals surface area contributed by atoms with E-state index < -0.39 is 0 Å². The highest BCUT2D eigenvalue weighted by Gasteiger charge is 2.51. The van der Waals surface area contributed by atoms with Gasteiger partial charge in [-0.2, -0.15) is 0 Å². The number of carbonyl (C=O) groups excluding carboxylic acids is 1. The van der Waals surface area contributed by atoms with Crippen LogP contribution >= 0.6 is 15.9 Å². The van der Waals surface area contributed by atoms with E-state index in [1.54, 1.807) is 0 Å². The second-order valence-electron chi connectivity index (χ2n) is 3.26. The zero-order valence-corrected chi connectivity index (χ0v) is 8.48. The van der Waals surface area contributed by atoms with Crippen LogP contribution in [-0.2, 0) is 9.53 Å². The first-order valence-electron chi connectivity index (χ1n) is 3.83. The summed E-state index contributed by atoms with van der Waals surface area (Å²) in [4.78, 5) is 11.6. The third-order valence-electron chi connectivity index (χ3n) is 2.14. The van der Waals surface area contributed by atoms with Gasteiger partial charge in [0, 0.05) is 4.83 Å². The van der Waals surface area contributed by atoms with Gasteiger partial charge in [0.2, 0.25) is 0 Å². The van der Waals surface area contributed by atoms with Crippen LogP contribution in [0.1, 0.15) is 26.2 Å². The van der Waals surface area contributed by atoms with E-state index in [9.17, 15) is 4.79 Å². The number of halogens is 1. The van der Waals surface area contributed by atoms with Crippen molar-refractivity contribution in [3.8, 4) is 0 Å². The first-order chi connectivity index (χ1) is 5.10. The maximum Gasteiger partial charge on any atom is 0.311 e. The Bertz CT molecular complexity index is 161. The Balaban J connectivity index is 2.47. The Morgan fingerprint density at radius 1 is 1.73 bits per heavy atom. The molecule has 0 amide bonds. The number of esters is 1. The number of carbonyl (C=O) groups is 1. The van der Waals surface area contributed by atoms with E-state index in [0.29, 0.717) is 4.83 Å². The lowest BCUT2D eigenvalue weighted by molar-refractivity contribution is -0.147. The topological polar surface area (TPSA) is 26.3 Å². The van der Waals surface area contributed by atoms with Crippen molar-refractivity contribution in [2.75, 3.05) is 7.11 Å². The van der Waals surface area contributed by atoms with Crippen molar-refractivity contribution < 1.29 is 9.53 Å². The number of ether oxygens (including phenoxy) is 1. The molecule has 1 fully saturated rings. The third kappa shape index (κ3) is 1.95. The summed E-state index contributed by atoms with van der Waals surface area (Å²) in [5.74, 6) is -0.0381. The first kappa shape index (κ1) is 9.04. The summed E-state index contributed by atoms with van der Waals surface area (Å²) < 4.78 is 4.72. The molecule has 1 saturated carbocycles. The normalized spacial score (nSPS) is 22.5. The fraction of sp³-hybridized carbons (Fsp3) is 0.875. The minimum atomic E-state index is -0.127. The lowest BCUT2D eigenvalue weighted by Gasteiger charge is -2.13. The summed E-state index contributed by atoms with van der Waals surface area (Å²) >= 11 is 3.44. The Morgan fingerprint density at radius 3 is 2.55 bits per heavy atom. The van der Waals surface area contributed by atoms with Gasteiger partial charge in [-0.05, 0) is 19.3 Å². The van der Waals surface area contributed by atoms with Crippen LogP contribution in [0.5, 0.6) is 0 Å². The SMILES string of the molecule is COC(=O)C1(CC(C)Br)CC1. The summed E-state index contributed by atoms with van der Waals surface area (Å²) in [5.41, 5.74) is -0.127. The molecule has 0 aliphatic heterocycles. The van der Waals surface area contributed by atoms with Crippen molar-refractivity contribution in [3.05, 3.63) is 0 Å². The molecule has 2 nitrogen and oxygen atoms in total. The third-order valence-corrected chi connectivity index (χ3v) is 2.47. The van der Waals surface area contributed by atoms with E-state index in [1.165, 1.54) is 7.11 Å². The summed E-state index contributed by atoms with van der Waals surface area (Å²) in [5, 5.41) is 0. The maximum atomic E-state index is 11.2. The molecule has 0 saturated heterocycles. The molecule has 11 heavy (non-hydrogen) atoms. The van der Waals surface area contributed by atoms with Gasteiger partial charge in [-0.25, -0.2) is 0 Å². The molecule has 0 spiro atoms. The fourth-order valence-corrected chi connectivity index (χ4v) is 2.02. The molecule has 3 heteroatoms. The predicted molar refractivity (Wildman–Crippen MR) is 46.7 cm³/mol. The smallest absolute Gasteiger partial charge is 0.311 e. The summed E-state index contributed by atoms with van der Waals surface area (Å²) in [6.07, 6.45) is 2.89. The van der Waals surface area contributed by atoms with Gasteiger partial charge in [0.1, 0.15) is 0 Å². The van der Waals surface area contributed by atoms with E-state index in [1.807, 2.05) is 0 Å². The van der Waals surface area contributed by atoms with Crippen molar-refractivity contribution in [2.24, 2.45) is 5.41 Å². The van der Waals surface area contributed by atoms with Crippen LogP contribution in [0.25, 0.3) is 0 Å². The van der Waals surface area contributed by atoms with Gasteiger partial charge in [-0.15, -0.1) is 0 Å². The van der Waals surface area contributed by atoms with Gasteiger partial charge in [0.05, 0.1) is 12.5 Å². The van der Waals surface area contributed by atoms with Crippen LogP contribution in [0.3, 0.4) is 0 Å². The van der Waals surface area contributed by atoms with E-state index in [2.05, 4.69) is 22.9 Å². The van der Waals surface area contributed by atoms with E-state index in [0.717, 1.165) is 19.3 Å². The van der Waals surface area contributed by atoms with Gasteiger partial charge in [0.25, 0.3) is 0 Å². The molecule has 0 N–H and O–H groups in total. The quantitative estimate of drug-likeness (QED) is 0.539. The van der Waals surface area contributed by atoms with Crippen LogP contribution in [-0.4, -0.2) is 17.9 Å². The summed E-state index contributed by atoms with van der Waals surface area (Å²) in [6, 6.07) is 0. The number of methoxy groups -OCH3 is 1. The fourth-order valence-electron chi connectivity index (χ4n) is 1.40. The van der Waals surface area contributed by atoms with Crippen LogP contribution in [0, 0.1) is 5.41 Å². The average molecular weight is 221 g/mol. The first-order valence-corrected chi connectivity index (χ1v) is 4.75. The molecular formula is C8H13BrO2. The van der Waals surface area contributed by atoms with Crippen molar-refractivity contribution in [2.45, 2.75) is 31.0 Å². The zero-order chi connectivity index (χ0) is 8.48. The lowest BCUT2D eigenvalue weighted by atomic mass is 10.0. The van der Waals surface area contributed by atoms with Crippen molar-refractivity contribution in [1.29, 1.82) is 0 Å². The molecule has 0 aromatic heterocycles. The highest BCUT2D eigenvalue weighted by Crippen LogP contribution is 2.51. The van der Waals surface area contributed by atoms with Crippen molar-refractivity contribution in [3.63, 3.8) is 0 Å². The Labute approximate surface area is 75.4 Å². The maximum absolute atomic E-state index is 11.2. The number of hydrogen-bond acceptors (Lipinski definition) is 2. The van der Waals surface area contributed by atoms with E-state index in [4.69, 9.17) is 4.74 Å². The van der Waals surface area contributed by atoms with Gasteiger partial charge < -0.3 is 4.74 Å². The largest absolute Gasteiger partial charge is 0.469 e.